The zero-order chi connectivity index (χ0) is 16.5. The van der Waals surface area contributed by atoms with E-state index in [4.69, 9.17) is 0 Å². The van der Waals surface area contributed by atoms with Crippen LogP contribution in [0.15, 0.2) is 28.9 Å². The van der Waals surface area contributed by atoms with Crippen LogP contribution in [0, 0.1) is 0 Å². The Bertz CT molecular complexity index is 674. The van der Waals surface area contributed by atoms with Crippen LogP contribution in [0.4, 0.5) is 32.0 Å². The third-order valence-corrected chi connectivity index (χ3v) is 2.43. The molecule has 118 valence electrons. The Labute approximate surface area is 117 Å². The quantitative estimate of drug-likeness (QED) is 0.861. The molecule has 1 aromatic carbocycles. The zero-order valence-corrected chi connectivity index (χ0v) is 10.3. The Morgan fingerprint density at radius 1 is 1.00 bits per heavy atom. The van der Waals surface area contributed by atoms with Gasteiger partial charge in [-0.15, -0.1) is 0 Å². The summed E-state index contributed by atoms with van der Waals surface area (Å²) in [5, 5.41) is 7.40. The minimum atomic E-state index is -5.07. The van der Waals surface area contributed by atoms with E-state index >= 15 is 0 Å². The number of anilines is 1. The number of halogens is 6. The first-order chi connectivity index (χ1) is 10.1. The van der Waals surface area contributed by atoms with Crippen molar-refractivity contribution in [2.24, 2.45) is 0 Å². The predicted molar refractivity (Wildman–Crippen MR) is 59.4 cm³/mol. The van der Waals surface area contributed by atoms with Crippen LogP contribution in [-0.2, 0) is 11.0 Å². The molecule has 1 aromatic heterocycles. The fourth-order valence-electron chi connectivity index (χ4n) is 1.48. The number of hydrogen-bond donors (Lipinski definition) is 1. The first-order valence-corrected chi connectivity index (χ1v) is 5.47. The molecule has 0 bridgehead atoms. The number of hydrogen-bond acceptors (Lipinski definition) is 4. The molecule has 0 spiro atoms. The Kier molecular flexibility index (Phi) is 3.81. The summed E-state index contributed by atoms with van der Waals surface area (Å²) >= 11 is 0. The summed E-state index contributed by atoms with van der Waals surface area (Å²) in [6, 6.07) is 4.07. The molecular weight excluding hydrogens is 320 g/mol. The average Bonchev–Trinajstić information content (AvgIpc) is 2.87. The standard InChI is InChI=1S/C11H5F6N3O2/c12-10(13,14)8-7(19-22-20-8)5-1-3-6(4-2-5)18-9(21)11(15,16)17/h1-4H,(H,18,21). The molecule has 0 aliphatic carbocycles. The van der Waals surface area contributed by atoms with Gasteiger partial charge in [0.05, 0.1) is 0 Å². The SMILES string of the molecule is O=C(Nc1ccc(-c2nonc2C(F)(F)F)cc1)C(F)(F)F. The molecule has 11 heteroatoms. The number of benzene rings is 1. The molecule has 0 saturated heterocycles. The van der Waals surface area contributed by atoms with E-state index in [2.05, 4.69) is 14.9 Å². The number of rotatable bonds is 2. The smallest absolute Gasteiger partial charge is 0.318 e. The molecular formula is C11H5F6N3O2. The van der Waals surface area contributed by atoms with Crippen molar-refractivity contribution in [1.29, 1.82) is 0 Å². The van der Waals surface area contributed by atoms with Crippen molar-refractivity contribution < 1.29 is 35.8 Å². The molecule has 1 amide bonds. The van der Waals surface area contributed by atoms with Crippen molar-refractivity contribution in [2.45, 2.75) is 12.4 Å². The summed E-state index contributed by atoms with van der Waals surface area (Å²) in [4.78, 5) is 10.7. The second kappa shape index (κ2) is 5.31. The molecule has 0 fully saturated rings. The largest absolute Gasteiger partial charge is 0.471 e. The highest BCUT2D eigenvalue weighted by Gasteiger charge is 2.40. The maximum Gasteiger partial charge on any atom is 0.471 e. The number of carbonyl (C=O) groups is 1. The fraction of sp³-hybridized carbons (Fsp3) is 0.182. The van der Waals surface area contributed by atoms with E-state index < -0.39 is 29.6 Å². The van der Waals surface area contributed by atoms with Crippen LogP contribution >= 0.6 is 0 Å². The maximum atomic E-state index is 12.6. The molecule has 1 heterocycles. The second-order valence-corrected chi connectivity index (χ2v) is 3.99. The minimum absolute atomic E-state index is 0.0846. The topological polar surface area (TPSA) is 68.0 Å². The van der Waals surface area contributed by atoms with Crippen LogP contribution in [0.2, 0.25) is 0 Å². The minimum Gasteiger partial charge on any atom is -0.318 e. The Morgan fingerprint density at radius 2 is 1.59 bits per heavy atom. The van der Waals surface area contributed by atoms with Gasteiger partial charge >= 0.3 is 18.3 Å². The molecule has 1 N–H and O–H groups in total. The monoisotopic (exact) mass is 325 g/mol. The van der Waals surface area contributed by atoms with Gasteiger partial charge in [-0.3, -0.25) is 4.79 Å². The normalized spacial score (nSPS) is 12.3. The molecule has 0 atom stereocenters. The summed E-state index contributed by atoms with van der Waals surface area (Å²) in [7, 11) is 0. The molecule has 0 aliphatic rings. The van der Waals surface area contributed by atoms with Gasteiger partial charge in [0, 0.05) is 11.3 Å². The first-order valence-electron chi connectivity index (χ1n) is 5.47. The fourth-order valence-corrected chi connectivity index (χ4v) is 1.48. The molecule has 0 radical (unpaired) electrons. The number of carbonyl (C=O) groups excluding carboxylic acids is 1. The number of nitrogens with one attached hydrogen (secondary N) is 1. The maximum absolute atomic E-state index is 12.6. The van der Waals surface area contributed by atoms with Gasteiger partial charge < -0.3 is 5.32 Å². The number of aromatic nitrogens is 2. The van der Waals surface area contributed by atoms with Gasteiger partial charge in [-0.25, -0.2) is 4.63 Å². The van der Waals surface area contributed by atoms with Gasteiger partial charge in [-0.05, 0) is 22.4 Å². The molecule has 0 unspecified atom stereocenters. The highest BCUT2D eigenvalue weighted by Crippen LogP contribution is 2.34. The van der Waals surface area contributed by atoms with Gasteiger partial charge in [-0.2, -0.15) is 26.3 Å². The van der Waals surface area contributed by atoms with E-state index in [1.807, 2.05) is 0 Å². The van der Waals surface area contributed by atoms with Crippen LogP contribution in [0.3, 0.4) is 0 Å². The summed E-state index contributed by atoms with van der Waals surface area (Å²) in [5.74, 6) is -2.20. The van der Waals surface area contributed by atoms with Gasteiger partial charge in [0.25, 0.3) is 0 Å². The molecule has 0 saturated carbocycles. The van der Waals surface area contributed by atoms with Crippen molar-refractivity contribution in [3.63, 3.8) is 0 Å². The third kappa shape index (κ3) is 3.35. The lowest BCUT2D eigenvalue weighted by Crippen LogP contribution is -2.29. The van der Waals surface area contributed by atoms with Gasteiger partial charge in [0.15, 0.2) is 0 Å². The molecule has 2 aromatic rings. The van der Waals surface area contributed by atoms with E-state index in [9.17, 15) is 31.1 Å². The molecule has 22 heavy (non-hydrogen) atoms. The van der Waals surface area contributed by atoms with Gasteiger partial charge in [0.2, 0.25) is 5.69 Å². The van der Waals surface area contributed by atoms with E-state index in [-0.39, 0.29) is 11.3 Å². The lowest BCUT2D eigenvalue weighted by molar-refractivity contribution is -0.167. The number of nitrogens with zero attached hydrogens (tertiary/aromatic N) is 2. The lowest BCUT2D eigenvalue weighted by Gasteiger charge is -2.08. The van der Waals surface area contributed by atoms with E-state index in [1.54, 1.807) is 5.32 Å². The highest BCUT2D eigenvalue weighted by molar-refractivity contribution is 5.95. The predicted octanol–water partition coefficient (Wildman–Crippen LogP) is 3.26. The average molecular weight is 325 g/mol. The zero-order valence-electron chi connectivity index (χ0n) is 10.3. The van der Waals surface area contributed by atoms with Crippen molar-refractivity contribution in [3.05, 3.63) is 30.0 Å². The van der Waals surface area contributed by atoms with Gasteiger partial charge in [-0.1, -0.05) is 12.1 Å². The van der Waals surface area contributed by atoms with Crippen LogP contribution in [0.5, 0.6) is 0 Å². The first kappa shape index (κ1) is 15.8. The van der Waals surface area contributed by atoms with Crippen molar-refractivity contribution in [3.8, 4) is 11.3 Å². The number of amides is 1. The lowest BCUT2D eigenvalue weighted by atomic mass is 10.1. The molecule has 2 rings (SSSR count). The third-order valence-electron chi connectivity index (χ3n) is 2.43. The van der Waals surface area contributed by atoms with Crippen LogP contribution in [0.1, 0.15) is 5.69 Å². The number of alkyl halides is 6. The Hall–Kier alpha value is -2.59. The van der Waals surface area contributed by atoms with Crippen molar-refractivity contribution >= 4 is 11.6 Å². The van der Waals surface area contributed by atoms with Crippen LogP contribution in [0.25, 0.3) is 11.3 Å². The second-order valence-electron chi connectivity index (χ2n) is 3.99. The summed E-state index contributed by atoms with van der Waals surface area (Å²) in [6.45, 7) is 0. The summed E-state index contributed by atoms with van der Waals surface area (Å²) in [6.07, 6.45) is -9.86. The molecule has 5 nitrogen and oxygen atoms in total. The van der Waals surface area contributed by atoms with E-state index in [1.165, 1.54) is 0 Å². The van der Waals surface area contributed by atoms with Crippen molar-refractivity contribution in [1.82, 2.24) is 10.3 Å². The summed E-state index contributed by atoms with van der Waals surface area (Å²) in [5.41, 5.74) is -2.30. The Morgan fingerprint density at radius 3 is 2.09 bits per heavy atom. The van der Waals surface area contributed by atoms with E-state index in [0.717, 1.165) is 24.3 Å². The van der Waals surface area contributed by atoms with Crippen LogP contribution < -0.4 is 5.32 Å². The molecule has 0 aliphatic heterocycles. The van der Waals surface area contributed by atoms with Crippen LogP contribution in [-0.4, -0.2) is 22.4 Å². The van der Waals surface area contributed by atoms with E-state index in [0.29, 0.717) is 0 Å². The summed E-state index contributed by atoms with van der Waals surface area (Å²) < 4.78 is 78.0. The Balaban J connectivity index is 2.24. The highest BCUT2D eigenvalue weighted by atomic mass is 19.4. The van der Waals surface area contributed by atoms with Crippen molar-refractivity contribution in [2.75, 3.05) is 5.32 Å². The van der Waals surface area contributed by atoms with Gasteiger partial charge in [0.1, 0.15) is 5.69 Å².